The van der Waals surface area contributed by atoms with Crippen LogP contribution in [-0.2, 0) is 6.18 Å². The van der Waals surface area contributed by atoms with Gasteiger partial charge in [-0.15, -0.1) is 0 Å². The Morgan fingerprint density at radius 2 is 1.88 bits per heavy atom. The topological polar surface area (TPSA) is 115 Å². The van der Waals surface area contributed by atoms with Crippen LogP contribution in [0.25, 0.3) is 10.9 Å². The van der Waals surface area contributed by atoms with Gasteiger partial charge in [-0.05, 0) is 51.3 Å². The van der Waals surface area contributed by atoms with Crippen LogP contribution in [0.2, 0.25) is 0 Å². The molecule has 182 valence electrons. The van der Waals surface area contributed by atoms with Crippen LogP contribution in [0.4, 0.5) is 24.7 Å². The number of aliphatic hydroxyl groups excluding tert-OH is 1. The molecule has 1 aromatic carbocycles. The minimum absolute atomic E-state index is 0.0368. The summed E-state index contributed by atoms with van der Waals surface area (Å²) in [5, 5.41) is 13.9. The number of aryl methyl sites for hydroxylation is 1. The van der Waals surface area contributed by atoms with E-state index in [4.69, 9.17) is 15.2 Å². The molecule has 0 amide bonds. The van der Waals surface area contributed by atoms with Crippen molar-refractivity contribution in [3.8, 4) is 11.5 Å². The Kier molecular flexibility index (Phi) is 6.39. The van der Waals surface area contributed by atoms with Gasteiger partial charge in [-0.2, -0.15) is 13.2 Å². The van der Waals surface area contributed by atoms with E-state index in [-0.39, 0.29) is 17.5 Å². The van der Waals surface area contributed by atoms with Crippen LogP contribution in [-0.4, -0.2) is 39.4 Å². The molecule has 1 aliphatic rings. The number of fused-ring (bicyclic) bond motifs is 1. The molecule has 3 aromatic rings. The molecule has 0 saturated heterocycles. The molecule has 8 nitrogen and oxygen atoms in total. The Bertz CT molecular complexity index is 1200. The van der Waals surface area contributed by atoms with E-state index in [0.29, 0.717) is 40.5 Å². The van der Waals surface area contributed by atoms with Crippen molar-refractivity contribution < 1.29 is 27.8 Å². The number of hydrogen-bond acceptors (Lipinski definition) is 8. The molecule has 3 atom stereocenters. The first-order valence-electron chi connectivity index (χ1n) is 10.9. The predicted octanol–water partition coefficient (Wildman–Crippen LogP) is 4.41. The second kappa shape index (κ2) is 9.13. The lowest BCUT2D eigenvalue weighted by Gasteiger charge is -2.21. The van der Waals surface area contributed by atoms with Gasteiger partial charge in [0.15, 0.2) is 11.5 Å². The minimum atomic E-state index is -4.62. The number of hydrogen-bond donors (Lipinski definition) is 3. The third-order valence-electron chi connectivity index (χ3n) is 5.74. The summed E-state index contributed by atoms with van der Waals surface area (Å²) in [6.07, 6.45) is -3.29. The number of nitrogens with one attached hydrogen (secondary N) is 1. The fourth-order valence-electron chi connectivity index (χ4n) is 4.04. The molecule has 0 bridgehead atoms. The summed E-state index contributed by atoms with van der Waals surface area (Å²) in [5.41, 5.74) is 5.29. The van der Waals surface area contributed by atoms with Gasteiger partial charge in [0.05, 0.1) is 30.5 Å². The number of nitrogens with zero attached hydrogens (tertiary/aromatic N) is 3. The number of rotatable bonds is 6. The summed E-state index contributed by atoms with van der Waals surface area (Å²) in [5.74, 6) is 1.73. The van der Waals surface area contributed by atoms with Crippen molar-refractivity contribution in [3.63, 3.8) is 0 Å². The molecule has 34 heavy (non-hydrogen) atoms. The number of pyridine rings is 1. The second-order valence-electron chi connectivity index (χ2n) is 8.37. The van der Waals surface area contributed by atoms with Crippen LogP contribution >= 0.6 is 0 Å². The zero-order valence-electron chi connectivity index (χ0n) is 19.0. The highest BCUT2D eigenvalue weighted by atomic mass is 19.4. The van der Waals surface area contributed by atoms with Crippen molar-refractivity contribution >= 4 is 22.4 Å². The van der Waals surface area contributed by atoms with Gasteiger partial charge >= 0.3 is 6.18 Å². The number of nitrogens with two attached hydrogens (primary N) is 1. The number of methoxy groups -OCH3 is 1. The van der Waals surface area contributed by atoms with E-state index in [9.17, 15) is 18.3 Å². The summed E-state index contributed by atoms with van der Waals surface area (Å²) in [6, 6.07) is 4.96. The number of aromatic nitrogens is 3. The van der Waals surface area contributed by atoms with Crippen molar-refractivity contribution in [3.05, 3.63) is 41.5 Å². The van der Waals surface area contributed by atoms with Crippen molar-refractivity contribution in [2.75, 3.05) is 18.2 Å². The third kappa shape index (κ3) is 4.93. The van der Waals surface area contributed by atoms with Gasteiger partial charge in [-0.3, -0.25) is 0 Å². The summed E-state index contributed by atoms with van der Waals surface area (Å²) >= 11 is 0. The maximum atomic E-state index is 13.2. The lowest BCUT2D eigenvalue weighted by molar-refractivity contribution is -0.141. The van der Waals surface area contributed by atoms with Crippen molar-refractivity contribution in [1.82, 2.24) is 15.0 Å². The molecule has 2 heterocycles. The fourth-order valence-corrected chi connectivity index (χ4v) is 4.04. The smallest absolute Gasteiger partial charge is 0.433 e. The molecule has 1 aliphatic carbocycles. The number of benzene rings is 1. The summed E-state index contributed by atoms with van der Waals surface area (Å²) < 4.78 is 51.1. The Morgan fingerprint density at radius 1 is 1.12 bits per heavy atom. The largest absolute Gasteiger partial charge is 0.493 e. The van der Waals surface area contributed by atoms with E-state index in [1.54, 1.807) is 26.0 Å². The van der Waals surface area contributed by atoms with Crippen LogP contribution in [0.5, 0.6) is 11.5 Å². The van der Waals surface area contributed by atoms with E-state index in [1.165, 1.54) is 13.2 Å². The zero-order chi connectivity index (χ0) is 24.6. The zero-order valence-corrected chi connectivity index (χ0v) is 19.0. The maximum absolute atomic E-state index is 13.2. The molecule has 1 saturated carbocycles. The van der Waals surface area contributed by atoms with E-state index in [2.05, 4.69) is 20.3 Å². The Labute approximate surface area is 194 Å². The SMILES string of the molecule is COc1cc2nc(C)nc(N[C@H](C)c3cc(N)cc(C(F)(F)F)n3)c2cc1OC1CCCC1O. The normalized spacial score (nSPS) is 19.3. The standard InChI is InChI=1S/C23H26F3N5O3/c1-11(15-7-13(27)8-21(31-15)23(24,25)26)28-22-14-9-20(34-18-6-4-5-17(18)32)19(33-3)10-16(14)29-12(2)30-22/h7-11,17-18,32H,4-6H2,1-3H3,(H2,27,31)(H,28,29,30)/t11-,17?,18?/m1/s1. The minimum Gasteiger partial charge on any atom is -0.493 e. The lowest BCUT2D eigenvalue weighted by Crippen LogP contribution is -2.25. The molecular weight excluding hydrogens is 451 g/mol. The van der Waals surface area contributed by atoms with E-state index in [0.717, 1.165) is 18.9 Å². The monoisotopic (exact) mass is 477 g/mol. The van der Waals surface area contributed by atoms with Gasteiger partial charge in [-0.1, -0.05) is 0 Å². The number of aliphatic hydroxyl groups is 1. The first-order valence-corrected chi connectivity index (χ1v) is 10.9. The Morgan fingerprint density at radius 3 is 2.53 bits per heavy atom. The van der Waals surface area contributed by atoms with Gasteiger partial charge in [-0.25, -0.2) is 15.0 Å². The summed E-state index contributed by atoms with van der Waals surface area (Å²) in [6.45, 7) is 3.38. The lowest BCUT2D eigenvalue weighted by atomic mass is 10.1. The highest BCUT2D eigenvalue weighted by molar-refractivity contribution is 5.92. The van der Waals surface area contributed by atoms with E-state index < -0.39 is 24.0 Å². The van der Waals surface area contributed by atoms with Gasteiger partial charge in [0.25, 0.3) is 0 Å². The molecule has 0 spiro atoms. The van der Waals surface area contributed by atoms with E-state index >= 15 is 0 Å². The van der Waals surface area contributed by atoms with Gasteiger partial charge in [0.1, 0.15) is 23.4 Å². The highest BCUT2D eigenvalue weighted by Gasteiger charge is 2.33. The molecule has 2 aromatic heterocycles. The van der Waals surface area contributed by atoms with Crippen LogP contribution in [0.15, 0.2) is 24.3 Å². The quantitative estimate of drug-likeness (QED) is 0.478. The Balaban J connectivity index is 1.72. The van der Waals surface area contributed by atoms with Crippen molar-refractivity contribution in [2.24, 2.45) is 0 Å². The number of halogens is 3. The molecular formula is C23H26F3N5O3. The third-order valence-corrected chi connectivity index (χ3v) is 5.74. The van der Waals surface area contributed by atoms with E-state index in [1.807, 2.05) is 0 Å². The second-order valence-corrected chi connectivity index (χ2v) is 8.37. The van der Waals surface area contributed by atoms with Crippen LogP contribution in [0.3, 0.4) is 0 Å². The fraction of sp³-hybridized carbons (Fsp3) is 0.435. The first-order chi connectivity index (χ1) is 16.0. The predicted molar refractivity (Wildman–Crippen MR) is 121 cm³/mol. The number of nitrogen functional groups attached to an aromatic ring is 1. The molecule has 4 rings (SSSR count). The van der Waals surface area contributed by atoms with Crippen LogP contribution in [0, 0.1) is 6.92 Å². The highest BCUT2D eigenvalue weighted by Crippen LogP contribution is 2.38. The van der Waals surface area contributed by atoms with Crippen LogP contribution < -0.4 is 20.5 Å². The molecule has 1 fully saturated rings. The molecule has 2 unspecified atom stereocenters. The van der Waals surface area contributed by atoms with Gasteiger partial charge in [0, 0.05) is 17.1 Å². The average molecular weight is 477 g/mol. The summed E-state index contributed by atoms with van der Waals surface area (Å²) in [4.78, 5) is 12.6. The van der Waals surface area contributed by atoms with Gasteiger partial charge < -0.3 is 25.6 Å². The average Bonchev–Trinajstić information content (AvgIpc) is 3.16. The number of alkyl halides is 3. The number of ether oxygens (including phenoxy) is 2. The van der Waals surface area contributed by atoms with Gasteiger partial charge in [0.2, 0.25) is 0 Å². The summed E-state index contributed by atoms with van der Waals surface area (Å²) in [7, 11) is 1.51. The van der Waals surface area contributed by atoms with Crippen molar-refractivity contribution in [1.29, 1.82) is 0 Å². The number of anilines is 2. The molecule has 0 aliphatic heterocycles. The first kappa shape index (κ1) is 23.8. The Hall–Kier alpha value is -3.34. The molecule has 0 radical (unpaired) electrons. The molecule has 11 heteroatoms. The van der Waals surface area contributed by atoms with Crippen molar-refractivity contribution in [2.45, 2.75) is 57.5 Å². The van der Waals surface area contributed by atoms with Crippen LogP contribution in [0.1, 0.15) is 49.4 Å². The molecule has 4 N–H and O–H groups in total. The maximum Gasteiger partial charge on any atom is 0.433 e.